The van der Waals surface area contributed by atoms with E-state index in [9.17, 15) is 4.79 Å². The molecular formula is C14H19NO2. The Kier molecular flexibility index (Phi) is 3.89. The fraction of sp³-hybridized carbons (Fsp3) is 0.571. The third-order valence-corrected chi connectivity index (χ3v) is 3.30. The molecule has 1 fully saturated rings. The van der Waals surface area contributed by atoms with Gasteiger partial charge in [0.15, 0.2) is 5.78 Å². The van der Waals surface area contributed by atoms with Crippen molar-refractivity contribution in [2.75, 3.05) is 6.61 Å². The summed E-state index contributed by atoms with van der Waals surface area (Å²) in [7, 11) is 0. The molecule has 0 amide bonds. The topological polar surface area (TPSA) is 39.2 Å². The molecule has 0 saturated heterocycles. The van der Waals surface area contributed by atoms with Crippen molar-refractivity contribution in [3.63, 3.8) is 0 Å². The van der Waals surface area contributed by atoms with Crippen LogP contribution in [-0.4, -0.2) is 23.5 Å². The minimum Gasteiger partial charge on any atom is -0.378 e. The molecule has 92 valence electrons. The maximum atomic E-state index is 11.9. The van der Waals surface area contributed by atoms with Crippen molar-refractivity contribution in [2.45, 2.75) is 39.2 Å². The van der Waals surface area contributed by atoms with Gasteiger partial charge in [0.2, 0.25) is 0 Å². The summed E-state index contributed by atoms with van der Waals surface area (Å²) < 4.78 is 5.49. The summed E-state index contributed by atoms with van der Waals surface area (Å²) in [6, 6.07) is 3.75. The van der Waals surface area contributed by atoms with Gasteiger partial charge in [-0.25, -0.2) is 0 Å². The van der Waals surface area contributed by atoms with Crippen molar-refractivity contribution in [1.82, 2.24) is 4.98 Å². The SMILES string of the molecule is CCOC1CC(CC(=O)c2ccc(C)nc2)C1. The zero-order chi connectivity index (χ0) is 12.3. The Morgan fingerprint density at radius 3 is 2.82 bits per heavy atom. The van der Waals surface area contributed by atoms with Crippen molar-refractivity contribution >= 4 is 5.78 Å². The summed E-state index contributed by atoms with van der Waals surface area (Å²) in [4.78, 5) is 16.1. The van der Waals surface area contributed by atoms with Crippen LogP contribution in [0.15, 0.2) is 18.3 Å². The molecule has 0 bridgehead atoms. The molecule has 1 aliphatic rings. The highest BCUT2D eigenvalue weighted by molar-refractivity contribution is 5.95. The lowest BCUT2D eigenvalue weighted by molar-refractivity contribution is -0.0246. The van der Waals surface area contributed by atoms with E-state index in [4.69, 9.17) is 4.74 Å². The lowest BCUT2D eigenvalue weighted by atomic mass is 9.78. The first kappa shape index (κ1) is 12.2. The van der Waals surface area contributed by atoms with Crippen LogP contribution in [0.1, 0.15) is 42.2 Å². The van der Waals surface area contributed by atoms with Gasteiger partial charge in [0.05, 0.1) is 6.10 Å². The zero-order valence-corrected chi connectivity index (χ0v) is 10.5. The van der Waals surface area contributed by atoms with Crippen molar-refractivity contribution in [3.8, 4) is 0 Å². The highest BCUT2D eigenvalue weighted by atomic mass is 16.5. The molecule has 2 rings (SSSR count). The predicted octanol–water partition coefficient (Wildman–Crippen LogP) is 2.78. The lowest BCUT2D eigenvalue weighted by Gasteiger charge is -2.34. The standard InChI is InChI=1S/C14H19NO2/c1-3-17-13-6-11(7-13)8-14(16)12-5-4-10(2)15-9-12/h4-5,9,11,13H,3,6-8H2,1-2H3. The molecule has 0 unspecified atom stereocenters. The molecule has 0 atom stereocenters. The number of ketones is 1. The van der Waals surface area contributed by atoms with Crippen molar-refractivity contribution in [3.05, 3.63) is 29.6 Å². The van der Waals surface area contributed by atoms with Gasteiger partial charge in [-0.05, 0) is 44.7 Å². The molecule has 1 heterocycles. The quantitative estimate of drug-likeness (QED) is 0.734. The average Bonchev–Trinajstić information content (AvgIpc) is 2.27. The molecule has 17 heavy (non-hydrogen) atoms. The molecule has 1 aliphatic carbocycles. The number of pyridine rings is 1. The van der Waals surface area contributed by atoms with E-state index in [1.165, 1.54) is 0 Å². The van der Waals surface area contributed by atoms with Crippen LogP contribution in [-0.2, 0) is 4.74 Å². The Bertz CT molecular complexity index is 380. The summed E-state index contributed by atoms with van der Waals surface area (Å²) >= 11 is 0. The van der Waals surface area contributed by atoms with E-state index >= 15 is 0 Å². The van der Waals surface area contributed by atoms with E-state index in [1.54, 1.807) is 6.20 Å². The number of rotatable bonds is 5. The van der Waals surface area contributed by atoms with Crippen LogP contribution in [0.4, 0.5) is 0 Å². The first-order valence-electron chi connectivity index (χ1n) is 6.26. The van der Waals surface area contributed by atoms with Gasteiger partial charge in [-0.3, -0.25) is 9.78 Å². The second-order valence-corrected chi connectivity index (χ2v) is 4.73. The number of aryl methyl sites for hydroxylation is 1. The van der Waals surface area contributed by atoms with E-state index < -0.39 is 0 Å². The predicted molar refractivity (Wildman–Crippen MR) is 66.1 cm³/mol. The van der Waals surface area contributed by atoms with Crippen LogP contribution >= 0.6 is 0 Å². The summed E-state index contributed by atoms with van der Waals surface area (Å²) in [5.74, 6) is 0.706. The molecule has 1 saturated carbocycles. The second-order valence-electron chi connectivity index (χ2n) is 4.73. The van der Waals surface area contributed by atoms with Gasteiger partial charge in [0.1, 0.15) is 0 Å². The highest BCUT2D eigenvalue weighted by Gasteiger charge is 2.31. The molecule has 0 radical (unpaired) electrons. The van der Waals surface area contributed by atoms with Crippen LogP contribution in [0.3, 0.4) is 0 Å². The van der Waals surface area contributed by atoms with Gasteiger partial charge < -0.3 is 4.74 Å². The van der Waals surface area contributed by atoms with E-state index in [1.807, 2.05) is 26.0 Å². The smallest absolute Gasteiger partial charge is 0.164 e. The maximum absolute atomic E-state index is 11.9. The maximum Gasteiger partial charge on any atom is 0.164 e. The Balaban J connectivity index is 1.81. The van der Waals surface area contributed by atoms with Crippen molar-refractivity contribution in [1.29, 1.82) is 0 Å². The second kappa shape index (κ2) is 5.41. The Morgan fingerprint density at radius 2 is 2.24 bits per heavy atom. The lowest BCUT2D eigenvalue weighted by Crippen LogP contribution is -2.32. The van der Waals surface area contributed by atoms with Crippen molar-refractivity contribution in [2.24, 2.45) is 5.92 Å². The number of carbonyl (C=O) groups excluding carboxylic acids is 1. The van der Waals surface area contributed by atoms with E-state index in [2.05, 4.69) is 4.98 Å². The van der Waals surface area contributed by atoms with Gasteiger partial charge in [-0.2, -0.15) is 0 Å². The van der Waals surface area contributed by atoms with Crippen LogP contribution in [0, 0.1) is 12.8 Å². The number of hydrogen-bond acceptors (Lipinski definition) is 3. The van der Waals surface area contributed by atoms with E-state index in [0.29, 0.717) is 18.4 Å². The largest absolute Gasteiger partial charge is 0.378 e. The minimum absolute atomic E-state index is 0.206. The molecule has 1 aromatic heterocycles. The molecule has 0 aromatic carbocycles. The molecule has 0 spiro atoms. The Hall–Kier alpha value is -1.22. The Morgan fingerprint density at radius 1 is 1.47 bits per heavy atom. The van der Waals surface area contributed by atoms with Gasteiger partial charge >= 0.3 is 0 Å². The van der Waals surface area contributed by atoms with Crippen LogP contribution in [0.2, 0.25) is 0 Å². The number of Topliss-reactive ketones (excluding diaryl/α,β-unsaturated/α-hetero) is 1. The summed E-state index contributed by atoms with van der Waals surface area (Å²) in [5, 5.41) is 0. The summed E-state index contributed by atoms with van der Waals surface area (Å²) in [5.41, 5.74) is 1.68. The minimum atomic E-state index is 0.206. The average molecular weight is 233 g/mol. The van der Waals surface area contributed by atoms with Gasteiger partial charge in [0.25, 0.3) is 0 Å². The fourth-order valence-electron chi connectivity index (χ4n) is 2.23. The highest BCUT2D eigenvalue weighted by Crippen LogP contribution is 2.33. The number of hydrogen-bond donors (Lipinski definition) is 0. The van der Waals surface area contributed by atoms with E-state index in [0.717, 1.165) is 30.7 Å². The van der Waals surface area contributed by atoms with E-state index in [-0.39, 0.29) is 5.78 Å². The van der Waals surface area contributed by atoms with Crippen LogP contribution < -0.4 is 0 Å². The third-order valence-electron chi connectivity index (χ3n) is 3.30. The number of carbonyl (C=O) groups is 1. The first-order chi connectivity index (χ1) is 8.19. The van der Waals surface area contributed by atoms with Crippen molar-refractivity contribution < 1.29 is 9.53 Å². The van der Waals surface area contributed by atoms with Gasteiger partial charge in [-0.1, -0.05) is 0 Å². The zero-order valence-electron chi connectivity index (χ0n) is 10.5. The molecule has 3 nitrogen and oxygen atoms in total. The molecular weight excluding hydrogens is 214 g/mol. The molecule has 0 N–H and O–H groups in total. The monoisotopic (exact) mass is 233 g/mol. The summed E-state index contributed by atoms with van der Waals surface area (Å²) in [6.45, 7) is 4.70. The fourth-order valence-corrected chi connectivity index (χ4v) is 2.23. The number of nitrogens with zero attached hydrogens (tertiary/aromatic N) is 1. The van der Waals surface area contributed by atoms with Gasteiger partial charge in [-0.15, -0.1) is 0 Å². The third kappa shape index (κ3) is 3.13. The molecule has 1 aromatic rings. The first-order valence-corrected chi connectivity index (χ1v) is 6.26. The normalized spacial score (nSPS) is 23.2. The van der Waals surface area contributed by atoms with Gasteiger partial charge in [0, 0.05) is 30.5 Å². The number of ether oxygens (including phenoxy) is 1. The number of aromatic nitrogens is 1. The summed E-state index contributed by atoms with van der Waals surface area (Å²) in [6.07, 6.45) is 4.75. The van der Waals surface area contributed by atoms with Crippen LogP contribution in [0.25, 0.3) is 0 Å². The molecule has 0 aliphatic heterocycles. The Labute approximate surface area is 102 Å². The molecule has 3 heteroatoms. The van der Waals surface area contributed by atoms with Crippen LogP contribution in [0.5, 0.6) is 0 Å².